The number of ether oxygens (including phenoxy) is 2. The van der Waals surface area contributed by atoms with E-state index in [9.17, 15) is 4.79 Å². The summed E-state index contributed by atoms with van der Waals surface area (Å²) in [7, 11) is 0. The molecule has 7 rings (SSSR count). The Morgan fingerprint density at radius 3 is 2.57 bits per heavy atom. The van der Waals surface area contributed by atoms with Gasteiger partial charge in [-0.1, -0.05) is 99.5 Å². The van der Waals surface area contributed by atoms with Crippen molar-refractivity contribution < 1.29 is 19.2 Å². The molecule has 0 aromatic heterocycles. The lowest BCUT2D eigenvalue weighted by Crippen LogP contribution is -3.15. The number of carbonyl (C=O) groups excluding carboxylic acids is 1. The molecule has 1 N–H and O–H groups in total. The van der Waals surface area contributed by atoms with E-state index in [2.05, 4.69) is 100 Å². The third-order valence-electron chi connectivity index (χ3n) is 10.2. The summed E-state index contributed by atoms with van der Waals surface area (Å²) >= 11 is 0. The molecule has 4 aliphatic rings. The van der Waals surface area contributed by atoms with Crippen molar-refractivity contribution in [2.24, 2.45) is 11.8 Å². The van der Waals surface area contributed by atoms with Gasteiger partial charge in [-0.2, -0.15) is 4.79 Å². The van der Waals surface area contributed by atoms with Gasteiger partial charge in [-0.3, -0.25) is 0 Å². The van der Waals surface area contributed by atoms with Crippen LogP contribution in [0, 0.1) is 18.8 Å². The Balaban J connectivity index is 0.000000265. The number of amides is 1. The molecule has 0 radical (unpaired) electrons. The van der Waals surface area contributed by atoms with Crippen molar-refractivity contribution in [3.05, 3.63) is 106 Å². The number of carbonyl (C=O) groups is 1. The molecule has 2 aliphatic heterocycles. The van der Waals surface area contributed by atoms with E-state index in [1.807, 2.05) is 0 Å². The monoisotopic (exact) mass is 564 g/mol. The standard InChI is InChI=1S/C29H35NO2.C9H10O/c1-20-13-14-26(29(2,3)23-10-5-4-6-11-23)27(17-20)32-28(31)30-16-15-25-22(19-30)18-21-9-7-8-12-24(21)25;1-7-2-3-9-8(6-7)4-5-10-9/h4-12,20,26-27H,13-19H2,1-3H3;2-3,6H,4-5H2,1H3/p+1. The number of nitrogens with one attached hydrogen (secondary N) is 1. The fourth-order valence-corrected chi connectivity index (χ4v) is 7.68. The van der Waals surface area contributed by atoms with Crippen LogP contribution in [-0.4, -0.2) is 31.9 Å². The molecule has 1 amide bonds. The summed E-state index contributed by atoms with van der Waals surface area (Å²) in [5, 5.41) is 0. The normalized spacial score (nSPS) is 24.5. The highest BCUT2D eigenvalue weighted by atomic mass is 16.6. The molecule has 4 heteroatoms. The summed E-state index contributed by atoms with van der Waals surface area (Å²) in [6.07, 6.45) is 6.28. The molecule has 0 spiro atoms. The number of hydrogen-bond donors (Lipinski definition) is 1. The van der Waals surface area contributed by atoms with Crippen LogP contribution in [0.2, 0.25) is 0 Å². The summed E-state index contributed by atoms with van der Waals surface area (Å²) in [6.45, 7) is 11.5. The number of benzene rings is 3. The first-order valence-corrected chi connectivity index (χ1v) is 15.9. The van der Waals surface area contributed by atoms with Crippen LogP contribution < -0.4 is 9.64 Å². The highest BCUT2D eigenvalue weighted by Crippen LogP contribution is 2.43. The zero-order valence-electron chi connectivity index (χ0n) is 25.7. The van der Waals surface area contributed by atoms with Gasteiger partial charge in [0.2, 0.25) is 0 Å². The predicted octanol–water partition coefficient (Wildman–Crippen LogP) is 7.13. The van der Waals surface area contributed by atoms with Crippen molar-refractivity contribution in [2.45, 2.75) is 77.7 Å². The average molecular weight is 565 g/mol. The summed E-state index contributed by atoms with van der Waals surface area (Å²) in [5.41, 5.74) is 9.73. The van der Waals surface area contributed by atoms with Gasteiger partial charge in [-0.25, -0.2) is 4.90 Å². The molecular weight excluding hydrogens is 518 g/mol. The minimum atomic E-state index is -0.0412. The second kappa shape index (κ2) is 12.1. The molecule has 42 heavy (non-hydrogen) atoms. The van der Waals surface area contributed by atoms with Crippen LogP contribution in [0.3, 0.4) is 0 Å². The van der Waals surface area contributed by atoms with Gasteiger partial charge >= 0.3 is 6.09 Å². The van der Waals surface area contributed by atoms with Crippen LogP contribution in [-0.2, 0) is 23.0 Å². The summed E-state index contributed by atoms with van der Waals surface area (Å²) < 4.78 is 11.7. The molecule has 4 unspecified atom stereocenters. The lowest BCUT2D eigenvalue weighted by Gasteiger charge is -2.43. The van der Waals surface area contributed by atoms with Crippen molar-refractivity contribution >= 4 is 11.7 Å². The predicted molar refractivity (Wildman–Crippen MR) is 169 cm³/mol. The largest absolute Gasteiger partial charge is 0.514 e. The van der Waals surface area contributed by atoms with Gasteiger partial charge in [0.15, 0.2) is 0 Å². The van der Waals surface area contributed by atoms with Gasteiger partial charge in [0.1, 0.15) is 18.4 Å². The maximum atomic E-state index is 13.4. The molecule has 0 bridgehead atoms. The smallest absolute Gasteiger partial charge is 0.493 e. The molecule has 4 nitrogen and oxygen atoms in total. The van der Waals surface area contributed by atoms with Crippen LogP contribution in [0.25, 0.3) is 5.57 Å². The molecular formula is C38H46NO3+. The number of hydrogen-bond acceptors (Lipinski definition) is 3. The van der Waals surface area contributed by atoms with E-state index in [-0.39, 0.29) is 17.6 Å². The van der Waals surface area contributed by atoms with Crippen molar-refractivity contribution in [3.63, 3.8) is 0 Å². The maximum absolute atomic E-state index is 13.4. The third kappa shape index (κ3) is 5.92. The second-order valence-corrected chi connectivity index (χ2v) is 13.5. The lowest BCUT2D eigenvalue weighted by molar-refractivity contribution is -0.820. The molecule has 3 aromatic carbocycles. The van der Waals surface area contributed by atoms with Crippen molar-refractivity contribution in [2.75, 3.05) is 19.7 Å². The SMILES string of the molecule is CC1CCC(C(C)(C)c2ccccc2)C(OC(=O)[NH+]2CCC3=C(Cc4ccccc43)C2)C1.Cc1ccc2c(c1)CCO2. The van der Waals surface area contributed by atoms with Gasteiger partial charge < -0.3 is 9.47 Å². The number of alkyl carbamates (subject to hydrolysis) is 2. The van der Waals surface area contributed by atoms with Gasteiger partial charge in [0, 0.05) is 25.2 Å². The molecule has 0 saturated heterocycles. The minimum Gasteiger partial charge on any atom is -0.493 e. The number of quaternary nitrogens is 1. The molecule has 2 aliphatic carbocycles. The number of aryl methyl sites for hydroxylation is 1. The topological polar surface area (TPSA) is 40.0 Å². The molecule has 1 saturated carbocycles. The Hall–Kier alpha value is -3.37. The van der Waals surface area contributed by atoms with Crippen LogP contribution in [0.4, 0.5) is 4.79 Å². The summed E-state index contributed by atoms with van der Waals surface area (Å²) in [5.74, 6) is 2.02. The van der Waals surface area contributed by atoms with Crippen LogP contribution in [0.15, 0.2) is 78.4 Å². The number of rotatable bonds is 3. The Kier molecular flexibility index (Phi) is 8.27. The van der Waals surface area contributed by atoms with Crippen molar-refractivity contribution in [3.8, 4) is 5.75 Å². The van der Waals surface area contributed by atoms with E-state index >= 15 is 0 Å². The average Bonchev–Trinajstić information content (AvgIpc) is 3.61. The molecule has 3 aromatic rings. The lowest BCUT2D eigenvalue weighted by atomic mass is 9.64. The summed E-state index contributed by atoms with van der Waals surface area (Å²) in [6, 6.07) is 25.8. The van der Waals surface area contributed by atoms with E-state index in [4.69, 9.17) is 9.47 Å². The summed E-state index contributed by atoms with van der Waals surface area (Å²) in [4.78, 5) is 14.3. The van der Waals surface area contributed by atoms with Crippen molar-refractivity contribution in [1.29, 1.82) is 0 Å². The van der Waals surface area contributed by atoms with Gasteiger partial charge in [-0.15, -0.1) is 0 Å². The van der Waals surface area contributed by atoms with Crippen LogP contribution >= 0.6 is 0 Å². The Morgan fingerprint density at radius 1 is 0.952 bits per heavy atom. The first-order valence-electron chi connectivity index (χ1n) is 15.9. The molecule has 220 valence electrons. The van der Waals surface area contributed by atoms with E-state index in [0.29, 0.717) is 11.8 Å². The minimum absolute atomic E-state index is 0.00916. The van der Waals surface area contributed by atoms with Gasteiger partial charge in [0.05, 0.1) is 13.2 Å². The quantitative estimate of drug-likeness (QED) is 0.368. The maximum Gasteiger partial charge on any atom is 0.514 e. The van der Waals surface area contributed by atoms with Crippen LogP contribution in [0.1, 0.15) is 74.3 Å². The van der Waals surface area contributed by atoms with Crippen molar-refractivity contribution in [1.82, 2.24) is 0 Å². The van der Waals surface area contributed by atoms with Gasteiger partial charge in [-0.05, 0) is 70.6 Å². The van der Waals surface area contributed by atoms with E-state index < -0.39 is 0 Å². The zero-order chi connectivity index (χ0) is 29.3. The molecule has 2 heterocycles. The molecule has 1 fully saturated rings. The highest BCUT2D eigenvalue weighted by molar-refractivity contribution is 5.77. The van der Waals surface area contributed by atoms with Crippen LogP contribution in [0.5, 0.6) is 5.75 Å². The van der Waals surface area contributed by atoms with E-state index in [1.54, 1.807) is 0 Å². The fraction of sp³-hybridized carbons (Fsp3) is 0.447. The third-order valence-corrected chi connectivity index (χ3v) is 10.2. The first kappa shape index (κ1) is 28.7. The first-order chi connectivity index (χ1) is 20.3. The Labute approximate surface area is 251 Å². The highest BCUT2D eigenvalue weighted by Gasteiger charge is 2.44. The Bertz CT molecular complexity index is 1460. The molecule has 4 atom stereocenters. The van der Waals surface area contributed by atoms with E-state index in [0.717, 1.165) is 62.4 Å². The Morgan fingerprint density at radius 2 is 1.74 bits per heavy atom. The van der Waals surface area contributed by atoms with E-state index in [1.165, 1.54) is 45.4 Å². The van der Waals surface area contributed by atoms with Gasteiger partial charge in [0.25, 0.3) is 0 Å². The fourth-order valence-electron chi connectivity index (χ4n) is 7.68. The zero-order valence-corrected chi connectivity index (χ0v) is 25.7. The number of fused-ring (bicyclic) bond motifs is 3. The second-order valence-electron chi connectivity index (χ2n) is 13.5.